The van der Waals surface area contributed by atoms with Gasteiger partial charge in [-0.2, -0.15) is 0 Å². The average molecular weight is 253 g/mol. The average Bonchev–Trinajstić information content (AvgIpc) is 2.57. The van der Waals surface area contributed by atoms with Gasteiger partial charge in [0.25, 0.3) is 11.5 Å². The molecule has 0 spiro atoms. The Morgan fingerprint density at radius 1 is 1.65 bits per heavy atom. The normalized spacial score (nSPS) is 10.6. The summed E-state index contributed by atoms with van der Waals surface area (Å²) in [5.74, 6) is -0.797. The predicted octanol–water partition coefficient (Wildman–Crippen LogP) is 0.826. The van der Waals surface area contributed by atoms with Crippen molar-refractivity contribution in [3.63, 3.8) is 0 Å². The number of thiophene rings is 1. The Bertz CT molecular complexity index is 644. The van der Waals surface area contributed by atoms with Crippen molar-refractivity contribution < 1.29 is 9.90 Å². The molecule has 0 aliphatic rings. The van der Waals surface area contributed by atoms with E-state index in [1.807, 2.05) is 6.92 Å². The number of amides is 1. The third-order valence-corrected chi connectivity index (χ3v) is 3.41. The van der Waals surface area contributed by atoms with Crippen LogP contribution in [0.2, 0.25) is 0 Å². The summed E-state index contributed by atoms with van der Waals surface area (Å²) in [6.45, 7) is 2.48. The first kappa shape index (κ1) is 11.5. The summed E-state index contributed by atoms with van der Waals surface area (Å²) in [5, 5.41) is 13.2. The topological polar surface area (TPSA) is 108 Å². The fourth-order valence-electron chi connectivity index (χ4n) is 1.60. The first-order chi connectivity index (χ1) is 8.04. The Morgan fingerprint density at radius 3 is 2.94 bits per heavy atom. The van der Waals surface area contributed by atoms with E-state index in [1.54, 1.807) is 0 Å². The molecule has 2 aromatic heterocycles. The predicted molar refractivity (Wildman–Crippen MR) is 66.8 cm³/mol. The van der Waals surface area contributed by atoms with Gasteiger partial charge >= 0.3 is 0 Å². The van der Waals surface area contributed by atoms with E-state index in [4.69, 9.17) is 5.73 Å². The zero-order chi connectivity index (χ0) is 12.6. The van der Waals surface area contributed by atoms with E-state index >= 15 is 0 Å². The first-order valence-corrected chi connectivity index (χ1v) is 5.78. The zero-order valence-electron chi connectivity index (χ0n) is 9.03. The smallest absolute Gasteiger partial charge is 0.253 e. The van der Waals surface area contributed by atoms with Crippen molar-refractivity contribution >= 4 is 32.5 Å². The molecule has 0 unspecified atom stereocenters. The van der Waals surface area contributed by atoms with Crippen LogP contribution < -0.4 is 16.6 Å². The quantitative estimate of drug-likeness (QED) is 0.649. The number of anilines is 1. The van der Waals surface area contributed by atoms with E-state index in [2.05, 4.69) is 10.3 Å². The highest BCUT2D eigenvalue weighted by Gasteiger charge is 2.19. The number of hydrogen-bond donors (Lipinski definition) is 4. The second-order valence-corrected chi connectivity index (χ2v) is 4.44. The minimum absolute atomic E-state index is 0.152. The monoisotopic (exact) mass is 253 g/mol. The Kier molecular flexibility index (Phi) is 2.76. The van der Waals surface area contributed by atoms with E-state index in [0.29, 0.717) is 16.2 Å². The van der Waals surface area contributed by atoms with Gasteiger partial charge in [0, 0.05) is 12.6 Å². The van der Waals surface area contributed by atoms with Gasteiger partial charge in [0.1, 0.15) is 10.8 Å². The first-order valence-electron chi connectivity index (χ1n) is 4.97. The number of H-pyrrole nitrogens is 1. The van der Waals surface area contributed by atoms with Crippen LogP contribution in [0, 0.1) is 0 Å². The number of fused-ring (bicyclic) bond motifs is 1. The van der Waals surface area contributed by atoms with Crippen molar-refractivity contribution in [1.82, 2.24) is 4.98 Å². The van der Waals surface area contributed by atoms with Crippen LogP contribution in [0.25, 0.3) is 10.2 Å². The molecule has 0 atom stereocenters. The van der Waals surface area contributed by atoms with Crippen LogP contribution in [0.4, 0.5) is 5.00 Å². The molecular weight excluding hydrogens is 242 g/mol. The molecule has 5 N–H and O–H groups in total. The van der Waals surface area contributed by atoms with Crippen molar-refractivity contribution in [2.45, 2.75) is 6.92 Å². The van der Waals surface area contributed by atoms with Crippen molar-refractivity contribution in [3.8, 4) is 5.75 Å². The van der Waals surface area contributed by atoms with Crippen LogP contribution in [-0.2, 0) is 0 Å². The lowest BCUT2D eigenvalue weighted by atomic mass is 10.2. The summed E-state index contributed by atoms with van der Waals surface area (Å²) < 4.78 is 0.439. The molecule has 1 amide bonds. The van der Waals surface area contributed by atoms with Gasteiger partial charge in [-0.3, -0.25) is 9.59 Å². The molecule has 0 fully saturated rings. The van der Waals surface area contributed by atoms with Gasteiger partial charge in [0.05, 0.1) is 15.8 Å². The number of rotatable bonds is 3. The molecule has 7 heteroatoms. The molecule has 2 aromatic rings. The number of aromatic nitrogens is 1. The van der Waals surface area contributed by atoms with Crippen molar-refractivity contribution in [2.75, 3.05) is 11.9 Å². The summed E-state index contributed by atoms with van der Waals surface area (Å²) in [6, 6.07) is 1.07. The molecule has 0 aliphatic heterocycles. The molecule has 0 saturated carbocycles. The SMILES string of the molecule is CCNc1sc2c(O)cc(=O)[nH]c2c1C(N)=O. The summed E-state index contributed by atoms with van der Waals surface area (Å²) in [5.41, 5.74) is 5.30. The molecule has 17 heavy (non-hydrogen) atoms. The maximum absolute atomic E-state index is 11.4. The molecular formula is C10H11N3O3S. The van der Waals surface area contributed by atoms with Crippen LogP contribution in [-0.4, -0.2) is 22.5 Å². The molecule has 0 radical (unpaired) electrons. The lowest BCUT2D eigenvalue weighted by Gasteiger charge is -2.00. The van der Waals surface area contributed by atoms with Crippen LogP contribution in [0.3, 0.4) is 0 Å². The van der Waals surface area contributed by atoms with Gasteiger partial charge in [0.2, 0.25) is 0 Å². The third kappa shape index (κ3) is 1.84. The Balaban J connectivity index is 2.84. The second-order valence-electron chi connectivity index (χ2n) is 3.42. The number of primary amides is 1. The molecule has 0 aromatic carbocycles. The number of nitrogens with two attached hydrogens (primary N) is 1. The molecule has 6 nitrogen and oxygen atoms in total. The third-order valence-electron chi connectivity index (χ3n) is 2.24. The number of carbonyl (C=O) groups is 1. The Hall–Kier alpha value is -2.02. The van der Waals surface area contributed by atoms with Gasteiger partial charge in [-0.05, 0) is 6.92 Å². The highest BCUT2D eigenvalue weighted by molar-refractivity contribution is 7.23. The van der Waals surface area contributed by atoms with Crippen molar-refractivity contribution in [3.05, 3.63) is 22.0 Å². The number of carbonyl (C=O) groups excluding carboxylic acids is 1. The minimum atomic E-state index is -0.645. The van der Waals surface area contributed by atoms with Gasteiger partial charge in [0.15, 0.2) is 0 Å². The lowest BCUT2D eigenvalue weighted by molar-refractivity contribution is 0.100. The Labute approximate surface area is 100 Å². The lowest BCUT2D eigenvalue weighted by Crippen LogP contribution is -2.14. The number of nitrogens with one attached hydrogen (secondary N) is 2. The van der Waals surface area contributed by atoms with Crippen molar-refractivity contribution in [1.29, 1.82) is 0 Å². The number of aromatic amines is 1. The highest BCUT2D eigenvalue weighted by atomic mass is 32.1. The van der Waals surface area contributed by atoms with E-state index in [1.165, 1.54) is 11.3 Å². The van der Waals surface area contributed by atoms with E-state index < -0.39 is 11.5 Å². The van der Waals surface area contributed by atoms with Crippen molar-refractivity contribution in [2.24, 2.45) is 5.73 Å². The molecule has 0 aliphatic carbocycles. The highest BCUT2D eigenvalue weighted by Crippen LogP contribution is 2.37. The second kappa shape index (κ2) is 4.10. The summed E-state index contributed by atoms with van der Waals surface area (Å²) >= 11 is 1.18. The summed E-state index contributed by atoms with van der Waals surface area (Å²) in [6.07, 6.45) is 0. The van der Waals surface area contributed by atoms with E-state index in [0.717, 1.165) is 6.07 Å². The minimum Gasteiger partial charge on any atom is -0.506 e. The number of aromatic hydroxyl groups is 1. The largest absolute Gasteiger partial charge is 0.506 e. The fourth-order valence-corrected chi connectivity index (χ4v) is 2.74. The van der Waals surface area contributed by atoms with Crippen LogP contribution in [0.1, 0.15) is 17.3 Å². The van der Waals surface area contributed by atoms with Crippen LogP contribution >= 0.6 is 11.3 Å². The van der Waals surface area contributed by atoms with Gasteiger partial charge in [-0.25, -0.2) is 0 Å². The van der Waals surface area contributed by atoms with E-state index in [-0.39, 0.29) is 16.8 Å². The summed E-state index contributed by atoms with van der Waals surface area (Å²) in [4.78, 5) is 25.2. The molecule has 2 rings (SSSR count). The molecule has 2 heterocycles. The standard InChI is InChI=1S/C10H11N3O3S/c1-2-12-10-6(9(11)16)7-8(17-10)4(14)3-5(15)13-7/h3,12H,2H2,1H3,(H2,11,16)(H2,13,14,15). The number of pyridine rings is 1. The van der Waals surface area contributed by atoms with Gasteiger partial charge in [-0.1, -0.05) is 0 Å². The maximum Gasteiger partial charge on any atom is 0.253 e. The fraction of sp³-hybridized carbons (Fsp3) is 0.200. The maximum atomic E-state index is 11.4. The molecule has 0 saturated heterocycles. The van der Waals surface area contributed by atoms with E-state index in [9.17, 15) is 14.7 Å². The van der Waals surface area contributed by atoms with Gasteiger partial charge < -0.3 is 21.1 Å². The van der Waals surface area contributed by atoms with Crippen LogP contribution in [0.15, 0.2) is 10.9 Å². The zero-order valence-corrected chi connectivity index (χ0v) is 9.85. The summed E-state index contributed by atoms with van der Waals surface area (Å²) in [7, 11) is 0. The molecule has 0 bridgehead atoms. The Morgan fingerprint density at radius 2 is 2.35 bits per heavy atom. The number of hydrogen-bond acceptors (Lipinski definition) is 5. The van der Waals surface area contributed by atoms with Gasteiger partial charge in [-0.15, -0.1) is 11.3 Å². The van der Waals surface area contributed by atoms with Crippen LogP contribution in [0.5, 0.6) is 5.75 Å². The molecule has 90 valence electrons.